The van der Waals surface area contributed by atoms with Crippen LogP contribution in [0.25, 0.3) is 0 Å². The Kier molecular flexibility index (Phi) is 8.26. The monoisotopic (exact) mass is 272 g/mol. The van der Waals surface area contributed by atoms with E-state index in [1.807, 2.05) is 32.6 Å². The molecule has 1 aliphatic carbocycles. The number of hydrogen-bond acceptors (Lipinski definition) is 3. The van der Waals surface area contributed by atoms with Crippen LogP contribution in [0.2, 0.25) is 0 Å². The van der Waals surface area contributed by atoms with Gasteiger partial charge in [-0.3, -0.25) is 4.79 Å². The van der Waals surface area contributed by atoms with E-state index in [-0.39, 0.29) is 5.91 Å². The van der Waals surface area contributed by atoms with Crippen LogP contribution in [0.4, 0.5) is 0 Å². The van der Waals surface area contributed by atoms with E-state index in [0.29, 0.717) is 6.04 Å². The van der Waals surface area contributed by atoms with E-state index in [9.17, 15) is 4.79 Å². The van der Waals surface area contributed by atoms with Crippen molar-refractivity contribution in [1.29, 1.82) is 0 Å². The van der Waals surface area contributed by atoms with E-state index >= 15 is 0 Å². The van der Waals surface area contributed by atoms with Crippen molar-refractivity contribution in [2.75, 3.05) is 33.8 Å². The van der Waals surface area contributed by atoms with Gasteiger partial charge in [0.25, 0.3) is 5.91 Å². The molecule has 1 amide bonds. The van der Waals surface area contributed by atoms with Crippen LogP contribution in [-0.2, 0) is 9.53 Å². The minimum atomic E-state index is -0.454. The summed E-state index contributed by atoms with van der Waals surface area (Å²) < 4.78 is 5.33. The Morgan fingerprint density at radius 3 is 2.05 bits per heavy atom. The van der Waals surface area contributed by atoms with Crippen molar-refractivity contribution in [3.63, 3.8) is 0 Å². The smallest absolute Gasteiger partial charge is 0.255 e. The van der Waals surface area contributed by atoms with Gasteiger partial charge in [-0.25, -0.2) is 0 Å². The van der Waals surface area contributed by atoms with Crippen LogP contribution >= 0.6 is 0 Å². The highest BCUT2D eigenvalue weighted by atomic mass is 16.5. The van der Waals surface area contributed by atoms with E-state index in [2.05, 4.69) is 18.9 Å². The molecule has 1 unspecified atom stereocenters. The number of hydrogen-bond donors (Lipinski definition) is 0. The Hall–Kier alpha value is -0.610. The summed E-state index contributed by atoms with van der Waals surface area (Å²) in [6.45, 7) is 12.9. The lowest BCUT2D eigenvalue weighted by atomic mass is 10.1. The highest BCUT2D eigenvalue weighted by Crippen LogP contribution is 2.41. The zero-order valence-electron chi connectivity index (χ0n) is 13.8. The molecule has 0 bridgehead atoms. The summed E-state index contributed by atoms with van der Waals surface area (Å²) in [5.41, 5.74) is -0.454. The van der Waals surface area contributed by atoms with Crippen LogP contribution in [0.5, 0.6) is 0 Å². The third kappa shape index (κ3) is 4.46. The maximum atomic E-state index is 12.2. The zero-order valence-corrected chi connectivity index (χ0v) is 13.8. The third-order valence-corrected chi connectivity index (χ3v) is 3.58. The first-order valence-corrected chi connectivity index (χ1v) is 7.64. The normalized spacial score (nSPS) is 24.6. The van der Waals surface area contributed by atoms with Gasteiger partial charge in [-0.15, -0.1) is 0 Å². The lowest BCUT2D eigenvalue weighted by Crippen LogP contribution is -2.56. The number of nitrogens with zero attached hydrogens (tertiary/aromatic N) is 2. The minimum Gasteiger partial charge on any atom is -0.368 e. The molecule has 1 saturated carbocycles. The molecule has 0 spiro atoms. The highest BCUT2D eigenvalue weighted by Gasteiger charge is 2.53. The first kappa shape index (κ1) is 18.4. The van der Waals surface area contributed by atoms with Crippen molar-refractivity contribution in [2.45, 2.75) is 59.1 Å². The zero-order chi connectivity index (χ0) is 15.1. The van der Waals surface area contributed by atoms with Gasteiger partial charge in [-0.05, 0) is 26.8 Å². The number of piperazine rings is 1. The van der Waals surface area contributed by atoms with Crippen molar-refractivity contribution < 1.29 is 9.53 Å². The van der Waals surface area contributed by atoms with Gasteiger partial charge in [-0.1, -0.05) is 27.7 Å². The summed E-state index contributed by atoms with van der Waals surface area (Å²) in [5.74, 6) is 0.200. The van der Waals surface area contributed by atoms with Crippen LogP contribution in [0.1, 0.15) is 47.5 Å². The molecule has 19 heavy (non-hydrogen) atoms. The summed E-state index contributed by atoms with van der Waals surface area (Å²) in [4.78, 5) is 16.5. The largest absolute Gasteiger partial charge is 0.368 e. The van der Waals surface area contributed by atoms with E-state index in [1.165, 1.54) is 0 Å². The van der Waals surface area contributed by atoms with Gasteiger partial charge >= 0.3 is 0 Å². The molecule has 2 aliphatic rings. The molecular formula is C15H32N2O2. The quantitative estimate of drug-likeness (QED) is 0.774. The fourth-order valence-corrected chi connectivity index (χ4v) is 2.32. The van der Waals surface area contributed by atoms with Crippen molar-refractivity contribution in [3.05, 3.63) is 0 Å². The van der Waals surface area contributed by atoms with Gasteiger partial charge in [0.1, 0.15) is 5.60 Å². The number of methoxy groups -OCH3 is 1. The average molecular weight is 272 g/mol. The number of rotatable bonds is 2. The molecule has 0 aromatic heterocycles. The van der Waals surface area contributed by atoms with Crippen LogP contribution in [-0.4, -0.2) is 61.1 Å². The topological polar surface area (TPSA) is 32.8 Å². The molecule has 1 atom stereocenters. The molecule has 0 radical (unpaired) electrons. The number of ether oxygens (including phenoxy) is 1. The average Bonchev–Trinajstić information content (AvgIpc) is 3.24. The van der Waals surface area contributed by atoms with Crippen molar-refractivity contribution in [2.24, 2.45) is 0 Å². The predicted molar refractivity (Wildman–Crippen MR) is 80.3 cm³/mol. The van der Waals surface area contributed by atoms with Crippen LogP contribution in [0.15, 0.2) is 0 Å². The summed E-state index contributed by atoms with van der Waals surface area (Å²) in [7, 11) is 3.74. The number of amides is 1. The van der Waals surface area contributed by atoms with E-state index in [1.54, 1.807) is 7.11 Å². The summed E-state index contributed by atoms with van der Waals surface area (Å²) in [6.07, 6.45) is 1.78. The minimum absolute atomic E-state index is 0.200. The highest BCUT2D eigenvalue weighted by molar-refractivity contribution is 5.88. The standard InChI is InChI=1S/C11H20N2O2.2C2H6/c1-9-8-12(2)6-7-13(9)10(14)11(15-3)4-5-11;2*1-2/h9H,4-8H2,1-3H3;2*1-2H3. The number of carbonyl (C=O) groups excluding carboxylic acids is 1. The summed E-state index contributed by atoms with van der Waals surface area (Å²) in [6, 6.07) is 0.309. The van der Waals surface area contributed by atoms with Gasteiger partial charge < -0.3 is 14.5 Å². The van der Waals surface area contributed by atoms with E-state index < -0.39 is 5.60 Å². The molecule has 4 nitrogen and oxygen atoms in total. The number of likely N-dealkylation sites (N-methyl/N-ethyl adjacent to an activating group) is 1. The SMILES string of the molecule is CC.CC.COC1(C(=O)N2CCN(C)CC2C)CC1. The Bertz CT molecular complexity index is 265. The molecule has 4 heteroatoms. The van der Waals surface area contributed by atoms with Crippen LogP contribution in [0, 0.1) is 0 Å². The molecule has 2 fully saturated rings. The molecule has 114 valence electrons. The predicted octanol–water partition coefficient (Wildman–Crippen LogP) is 2.38. The lowest BCUT2D eigenvalue weighted by Gasteiger charge is -2.39. The molecule has 0 aromatic carbocycles. The summed E-state index contributed by atoms with van der Waals surface area (Å²) in [5, 5.41) is 0. The van der Waals surface area contributed by atoms with Crippen LogP contribution < -0.4 is 0 Å². The van der Waals surface area contributed by atoms with Gasteiger partial charge in [0.2, 0.25) is 0 Å². The Morgan fingerprint density at radius 1 is 1.16 bits per heavy atom. The molecule has 1 saturated heterocycles. The Balaban J connectivity index is 0.000000741. The van der Waals surface area contributed by atoms with Gasteiger partial charge in [0.15, 0.2) is 0 Å². The van der Waals surface area contributed by atoms with Gasteiger partial charge in [-0.2, -0.15) is 0 Å². The first-order chi connectivity index (χ1) is 9.09. The molecular weight excluding hydrogens is 240 g/mol. The van der Waals surface area contributed by atoms with Crippen molar-refractivity contribution in [1.82, 2.24) is 9.80 Å². The third-order valence-electron chi connectivity index (χ3n) is 3.58. The van der Waals surface area contributed by atoms with Crippen LogP contribution in [0.3, 0.4) is 0 Å². The fraction of sp³-hybridized carbons (Fsp3) is 0.933. The van der Waals surface area contributed by atoms with Crippen molar-refractivity contribution in [3.8, 4) is 0 Å². The fourth-order valence-electron chi connectivity index (χ4n) is 2.32. The maximum Gasteiger partial charge on any atom is 0.255 e. The van der Waals surface area contributed by atoms with E-state index in [4.69, 9.17) is 4.74 Å². The first-order valence-electron chi connectivity index (χ1n) is 7.64. The molecule has 1 aliphatic heterocycles. The Morgan fingerprint density at radius 2 is 1.68 bits per heavy atom. The molecule has 2 rings (SSSR count). The molecule has 0 N–H and O–H groups in total. The van der Waals surface area contributed by atoms with Crippen molar-refractivity contribution >= 4 is 5.91 Å². The number of carbonyl (C=O) groups is 1. The van der Waals surface area contributed by atoms with Gasteiger partial charge in [0.05, 0.1) is 0 Å². The maximum absolute atomic E-state index is 12.2. The molecule has 1 heterocycles. The second-order valence-electron chi connectivity index (χ2n) is 4.81. The van der Waals surface area contributed by atoms with E-state index in [0.717, 1.165) is 32.5 Å². The lowest BCUT2D eigenvalue weighted by molar-refractivity contribution is -0.149. The Labute approximate surface area is 119 Å². The van der Waals surface area contributed by atoms with Gasteiger partial charge in [0, 0.05) is 32.8 Å². The molecule has 0 aromatic rings. The second-order valence-corrected chi connectivity index (χ2v) is 4.81. The second kappa shape index (κ2) is 8.54. The summed E-state index contributed by atoms with van der Waals surface area (Å²) >= 11 is 0.